The molecule has 6 atom stereocenters. The van der Waals surface area contributed by atoms with E-state index in [4.69, 9.17) is 9.47 Å². The zero-order valence-electron chi connectivity index (χ0n) is 36.8. The summed E-state index contributed by atoms with van der Waals surface area (Å²) in [6.07, 6.45) is 2.41. The molecule has 15 heteroatoms. The van der Waals surface area contributed by atoms with Crippen LogP contribution in [0.3, 0.4) is 0 Å². The molecule has 5 aromatic rings. The van der Waals surface area contributed by atoms with E-state index in [0.29, 0.717) is 39.7 Å². The van der Waals surface area contributed by atoms with Gasteiger partial charge in [-0.2, -0.15) is 20.5 Å². The molecule has 15 nitrogen and oxygen atoms in total. The summed E-state index contributed by atoms with van der Waals surface area (Å²) in [5, 5.41) is 28.3. The van der Waals surface area contributed by atoms with E-state index < -0.39 is 47.3 Å². The molecule has 0 radical (unpaired) electrons. The van der Waals surface area contributed by atoms with Gasteiger partial charge in [0, 0.05) is 45.5 Å². The highest BCUT2D eigenvalue weighted by Crippen LogP contribution is 2.59. The summed E-state index contributed by atoms with van der Waals surface area (Å²) in [6.45, 7) is 0. The SMILES string of the molecule is COc1cc([C@H]2C3=CC[C@@H]4C(=O)N(c5ccc(N=Nc6ccc(N(C)C)cc6)cc5)C(=O)[C@@H]4[C@@H]3C[C@H]3C(=O)N(c4ccc(N=Nc5ccc(N(C)C)cc5)cc4)C(=O)[C@@H]23)cc(OC)c1O. The Kier molecular flexibility index (Phi) is 11.2. The van der Waals surface area contributed by atoms with Crippen molar-refractivity contribution in [3.63, 3.8) is 0 Å². The van der Waals surface area contributed by atoms with Crippen LogP contribution in [0.25, 0.3) is 0 Å². The van der Waals surface area contributed by atoms with Gasteiger partial charge >= 0.3 is 0 Å². The van der Waals surface area contributed by atoms with Gasteiger partial charge in [0.1, 0.15) is 0 Å². The lowest BCUT2D eigenvalue weighted by Crippen LogP contribution is -2.43. The Morgan fingerprint density at radius 2 is 0.938 bits per heavy atom. The normalized spacial score (nSPS) is 22.6. The molecule has 3 fully saturated rings. The van der Waals surface area contributed by atoms with E-state index in [1.54, 1.807) is 60.7 Å². The molecular weight excluding hydrogens is 825 g/mol. The first-order valence-electron chi connectivity index (χ1n) is 21.4. The Morgan fingerprint density at radius 3 is 1.35 bits per heavy atom. The number of carbonyl (C=O) groups is 4. The summed E-state index contributed by atoms with van der Waals surface area (Å²) < 4.78 is 11.1. The molecule has 2 heterocycles. The van der Waals surface area contributed by atoms with Gasteiger partial charge in [-0.15, -0.1) is 0 Å². The van der Waals surface area contributed by atoms with Crippen molar-refractivity contribution in [3.05, 3.63) is 126 Å². The van der Waals surface area contributed by atoms with E-state index in [-0.39, 0.29) is 41.9 Å². The Morgan fingerprint density at radius 1 is 0.538 bits per heavy atom. The van der Waals surface area contributed by atoms with Crippen molar-refractivity contribution in [3.8, 4) is 17.2 Å². The average Bonchev–Trinajstić information content (AvgIpc) is 3.73. The third-order valence-electron chi connectivity index (χ3n) is 13.0. The number of phenolic OH excluding ortho intramolecular Hbond substituents is 1. The van der Waals surface area contributed by atoms with Crippen LogP contribution in [0.1, 0.15) is 24.3 Å². The van der Waals surface area contributed by atoms with E-state index >= 15 is 0 Å². The standard InChI is InChI=1S/C50H48N8O7/c1-55(2)33-15-7-29(8-16-33)51-53-31-11-19-35(20-12-31)57-47(60)38-24-23-37-39(44(38)49(57)62)27-40-45(43(37)28-25-41(64-5)46(59)42(26-28)65-6)50(63)58(48(40)61)36-21-13-32(14-22-36)54-52-30-9-17-34(18-10-30)56(3)4/h7-23,25-26,38-40,43-45,59H,24,27H2,1-6H3/t38-,39+,40+,43-,44-,45+/m0/s1. The van der Waals surface area contributed by atoms with Crippen LogP contribution in [-0.4, -0.2) is 71.1 Å². The number of nitrogens with zero attached hydrogens (tertiary/aromatic N) is 8. The number of carbonyl (C=O) groups excluding carboxylic acids is 4. The number of azo groups is 2. The molecule has 9 rings (SSSR count). The Labute approximate surface area is 376 Å². The quantitative estimate of drug-likeness (QED) is 0.0772. The second-order valence-electron chi connectivity index (χ2n) is 17.1. The highest BCUT2D eigenvalue weighted by atomic mass is 16.5. The maximum absolute atomic E-state index is 14.8. The fourth-order valence-electron chi connectivity index (χ4n) is 9.77. The smallest absolute Gasteiger partial charge is 0.238 e. The van der Waals surface area contributed by atoms with Crippen molar-refractivity contribution in [2.24, 2.45) is 50.0 Å². The third-order valence-corrected chi connectivity index (χ3v) is 13.0. The van der Waals surface area contributed by atoms with Crippen molar-refractivity contribution >= 4 is 69.1 Å². The van der Waals surface area contributed by atoms with Crippen molar-refractivity contribution in [2.45, 2.75) is 18.8 Å². The number of benzene rings is 5. The van der Waals surface area contributed by atoms with Crippen LogP contribution in [0.5, 0.6) is 17.2 Å². The number of imide groups is 2. The predicted molar refractivity (Wildman–Crippen MR) is 246 cm³/mol. The summed E-state index contributed by atoms with van der Waals surface area (Å²) in [4.78, 5) is 64.9. The Hall–Kier alpha value is -7.68. The molecule has 0 spiro atoms. The monoisotopic (exact) mass is 872 g/mol. The zero-order chi connectivity index (χ0) is 45.7. The van der Waals surface area contributed by atoms with Gasteiger partial charge in [-0.25, -0.2) is 0 Å². The largest absolute Gasteiger partial charge is 0.502 e. The second-order valence-corrected chi connectivity index (χ2v) is 17.1. The fourth-order valence-corrected chi connectivity index (χ4v) is 9.77. The van der Waals surface area contributed by atoms with E-state index in [1.165, 1.54) is 24.0 Å². The number of ether oxygens (including phenoxy) is 2. The highest BCUT2D eigenvalue weighted by molar-refractivity contribution is 6.24. The van der Waals surface area contributed by atoms with Gasteiger partial charge in [0.25, 0.3) is 0 Å². The van der Waals surface area contributed by atoms with E-state index in [1.807, 2.05) is 92.6 Å². The van der Waals surface area contributed by atoms with Gasteiger partial charge in [-0.3, -0.25) is 29.0 Å². The number of hydrogen-bond acceptors (Lipinski definition) is 13. The predicted octanol–water partition coefficient (Wildman–Crippen LogP) is 9.42. The van der Waals surface area contributed by atoms with Crippen LogP contribution in [0.2, 0.25) is 0 Å². The molecule has 1 saturated carbocycles. The molecule has 4 aliphatic rings. The molecule has 2 aliphatic carbocycles. The zero-order valence-corrected chi connectivity index (χ0v) is 36.8. The molecule has 5 aromatic carbocycles. The van der Waals surface area contributed by atoms with E-state index in [0.717, 1.165) is 16.9 Å². The summed E-state index contributed by atoms with van der Waals surface area (Å²) in [5.41, 5.74) is 6.65. The number of amides is 4. The van der Waals surface area contributed by atoms with E-state index in [2.05, 4.69) is 20.5 Å². The van der Waals surface area contributed by atoms with Gasteiger partial charge in [0.15, 0.2) is 11.5 Å². The van der Waals surface area contributed by atoms with Crippen LogP contribution in [0, 0.1) is 29.6 Å². The Bertz CT molecular complexity index is 2740. The minimum Gasteiger partial charge on any atom is -0.502 e. The molecule has 0 bridgehead atoms. The van der Waals surface area contributed by atoms with Gasteiger partial charge in [-0.1, -0.05) is 11.6 Å². The first kappa shape index (κ1) is 42.6. The molecule has 1 N–H and O–H groups in total. The fraction of sp³-hybridized carbons (Fsp3) is 0.280. The highest BCUT2D eigenvalue weighted by Gasteiger charge is 2.62. The van der Waals surface area contributed by atoms with Crippen LogP contribution in [0.4, 0.5) is 45.5 Å². The van der Waals surface area contributed by atoms with Gasteiger partial charge in [-0.05, 0) is 134 Å². The first-order chi connectivity index (χ1) is 31.4. The number of allylic oxidation sites excluding steroid dienone is 2. The summed E-state index contributed by atoms with van der Waals surface area (Å²) in [5.74, 6) is -5.84. The summed E-state index contributed by atoms with van der Waals surface area (Å²) >= 11 is 0. The van der Waals surface area contributed by atoms with Crippen molar-refractivity contribution in [2.75, 3.05) is 62.0 Å². The lowest BCUT2D eigenvalue weighted by Gasteiger charge is -2.44. The first-order valence-corrected chi connectivity index (χ1v) is 21.4. The second kappa shape index (κ2) is 17.1. The van der Waals surface area contributed by atoms with Crippen LogP contribution >= 0.6 is 0 Å². The lowest BCUT2D eigenvalue weighted by molar-refractivity contribution is -0.126. The van der Waals surface area contributed by atoms with E-state index in [9.17, 15) is 24.3 Å². The molecule has 0 aromatic heterocycles. The van der Waals surface area contributed by atoms with Crippen molar-refractivity contribution in [1.82, 2.24) is 0 Å². The number of anilines is 4. The molecular formula is C50H48N8O7. The number of hydrogen-bond donors (Lipinski definition) is 1. The Balaban J connectivity index is 1.01. The topological polar surface area (TPSA) is 169 Å². The van der Waals surface area contributed by atoms with Crippen molar-refractivity contribution < 1.29 is 33.8 Å². The van der Waals surface area contributed by atoms with Gasteiger partial charge in [0.2, 0.25) is 29.4 Å². The van der Waals surface area contributed by atoms with Gasteiger partial charge in [0.05, 0.1) is 72.0 Å². The number of aromatic hydroxyl groups is 1. The number of fused-ring (bicyclic) bond motifs is 4. The molecule has 0 unspecified atom stereocenters. The molecule has 4 amide bonds. The minimum absolute atomic E-state index is 0.128. The molecule has 2 saturated heterocycles. The molecule has 330 valence electrons. The lowest BCUT2D eigenvalue weighted by atomic mass is 9.57. The van der Waals surface area contributed by atoms with Gasteiger partial charge < -0.3 is 24.4 Å². The average molecular weight is 873 g/mol. The third kappa shape index (κ3) is 7.66. The molecule has 2 aliphatic heterocycles. The maximum Gasteiger partial charge on any atom is 0.238 e. The maximum atomic E-state index is 14.8. The van der Waals surface area contributed by atoms with Crippen LogP contribution in [-0.2, 0) is 19.2 Å². The number of methoxy groups -OCH3 is 2. The van der Waals surface area contributed by atoms with Crippen LogP contribution in [0.15, 0.2) is 141 Å². The number of rotatable bonds is 11. The minimum atomic E-state index is -0.860. The molecule has 65 heavy (non-hydrogen) atoms. The summed E-state index contributed by atoms with van der Waals surface area (Å²) in [7, 11) is 10.7. The van der Waals surface area contributed by atoms with Crippen molar-refractivity contribution in [1.29, 1.82) is 0 Å². The van der Waals surface area contributed by atoms with Crippen LogP contribution < -0.4 is 29.1 Å². The summed E-state index contributed by atoms with van der Waals surface area (Å²) in [6, 6.07) is 32.1. The number of phenols is 1.